The number of hydrogen-bond acceptors (Lipinski definition) is 5. The maximum Gasteiger partial charge on any atom is 0.227 e. The van der Waals surface area contributed by atoms with Gasteiger partial charge in [-0.25, -0.2) is 9.98 Å². The standard InChI is InChI=1S/C55H37N7/c1-2-18-35-34(16-1)17-15-31-43(35)59-44-25-9-7-23-40(44)41-32-33-50-51(52(41)59)42-24-8-14-30-49(42)62(50)55-57-53(60-45-26-10-3-19-36(45)37-20-4-11-27-46(37)60)56-54(58-55)61-47-28-12-5-21-38(47)39-22-6-13-29-48(39)61/h1-33,51-52,55H,(H,56,57,58). The predicted octanol–water partition coefficient (Wildman–Crippen LogP) is 12.2. The summed E-state index contributed by atoms with van der Waals surface area (Å²) in [5, 5.41) is 11.0. The number of aromatic nitrogens is 2. The SMILES string of the molecule is C1=C2c3ccccc3N(c3cccc4ccccc34)C2C2C(=C1)N(C1N=C(n3c4ccccc4c4ccccc43)NC(n3c4ccccc4c4ccccc43)=N1)c1ccccc12. The molecule has 7 heteroatoms. The Morgan fingerprint density at radius 2 is 0.887 bits per heavy atom. The number of fused-ring (bicyclic) bond motifs is 14. The van der Waals surface area contributed by atoms with E-state index in [1.165, 1.54) is 66.1 Å². The third-order valence-electron chi connectivity index (χ3n) is 13.5. The monoisotopic (exact) mass is 795 g/mol. The summed E-state index contributed by atoms with van der Waals surface area (Å²) in [7, 11) is 0. The Morgan fingerprint density at radius 3 is 1.52 bits per heavy atom. The highest BCUT2D eigenvalue weighted by molar-refractivity contribution is 6.20. The molecule has 0 fully saturated rings. The zero-order valence-corrected chi connectivity index (χ0v) is 33.5. The first-order chi connectivity index (χ1) is 30.8. The summed E-state index contributed by atoms with van der Waals surface area (Å²) in [6, 6.07) is 67.8. The van der Waals surface area contributed by atoms with Crippen LogP contribution in [0.3, 0.4) is 0 Å². The molecule has 292 valence electrons. The normalized spacial score (nSPS) is 18.1. The van der Waals surface area contributed by atoms with Crippen LogP contribution in [0.1, 0.15) is 17.0 Å². The second kappa shape index (κ2) is 12.7. The summed E-state index contributed by atoms with van der Waals surface area (Å²) in [5.74, 6) is 1.45. The third-order valence-corrected chi connectivity index (χ3v) is 13.5. The van der Waals surface area contributed by atoms with Crippen molar-refractivity contribution in [2.45, 2.75) is 18.2 Å². The van der Waals surface area contributed by atoms with Crippen LogP contribution in [0.2, 0.25) is 0 Å². The molecule has 2 aromatic heterocycles. The average Bonchev–Trinajstić information content (AvgIpc) is 4.06. The van der Waals surface area contributed by atoms with Crippen LogP contribution in [0.4, 0.5) is 17.1 Å². The number of aliphatic imine (C=N–C) groups is 2. The number of rotatable bonds is 2. The molecule has 7 nitrogen and oxygen atoms in total. The highest BCUT2D eigenvalue weighted by Gasteiger charge is 2.50. The molecule has 62 heavy (non-hydrogen) atoms. The van der Waals surface area contributed by atoms with Crippen molar-refractivity contribution in [3.63, 3.8) is 0 Å². The molecule has 0 bridgehead atoms. The molecule has 0 radical (unpaired) electrons. The number of allylic oxidation sites excluding steroid dienone is 2. The lowest BCUT2D eigenvalue weighted by Crippen LogP contribution is -2.47. The Hall–Kier alpha value is -8.16. The fourth-order valence-electron chi connectivity index (χ4n) is 11.0. The molecular formula is C55H37N7. The van der Waals surface area contributed by atoms with Crippen molar-refractivity contribution in [2.24, 2.45) is 9.98 Å². The first-order valence-corrected chi connectivity index (χ1v) is 21.4. The lowest BCUT2D eigenvalue weighted by atomic mass is 9.82. The van der Waals surface area contributed by atoms with Gasteiger partial charge in [0.2, 0.25) is 18.2 Å². The van der Waals surface area contributed by atoms with Gasteiger partial charge in [-0.15, -0.1) is 0 Å². The Kier molecular flexibility index (Phi) is 6.88. The fourth-order valence-corrected chi connectivity index (χ4v) is 11.0. The Balaban J connectivity index is 1.01. The maximum absolute atomic E-state index is 5.68. The van der Waals surface area contributed by atoms with Gasteiger partial charge in [0.15, 0.2) is 0 Å². The van der Waals surface area contributed by atoms with Crippen LogP contribution >= 0.6 is 0 Å². The second-order valence-electron chi connectivity index (χ2n) is 16.6. The van der Waals surface area contributed by atoms with Crippen molar-refractivity contribution >= 4 is 88.9 Å². The molecule has 5 heterocycles. The summed E-state index contributed by atoms with van der Waals surface area (Å²) in [6.45, 7) is 0. The Labute approximate surface area is 357 Å². The van der Waals surface area contributed by atoms with E-state index in [0.29, 0.717) is 0 Å². The molecule has 0 saturated heterocycles. The topological polar surface area (TPSA) is 53.1 Å². The quantitative estimate of drug-likeness (QED) is 0.190. The van der Waals surface area contributed by atoms with Gasteiger partial charge in [-0.2, -0.15) is 0 Å². The van der Waals surface area contributed by atoms with E-state index in [1.807, 2.05) is 0 Å². The molecule has 14 rings (SSSR count). The van der Waals surface area contributed by atoms with Crippen molar-refractivity contribution in [3.8, 4) is 0 Å². The van der Waals surface area contributed by atoms with E-state index in [9.17, 15) is 0 Å². The molecule has 2 atom stereocenters. The van der Waals surface area contributed by atoms with Gasteiger partial charge in [0.1, 0.15) is 0 Å². The maximum atomic E-state index is 5.68. The first-order valence-electron chi connectivity index (χ1n) is 21.4. The van der Waals surface area contributed by atoms with Crippen LogP contribution in [0.25, 0.3) is 60.0 Å². The Bertz CT molecular complexity index is 3430. The van der Waals surface area contributed by atoms with Crippen LogP contribution < -0.4 is 15.1 Å². The lowest BCUT2D eigenvalue weighted by molar-refractivity contribution is 0.633. The number of anilines is 3. The molecule has 8 aromatic carbocycles. The lowest BCUT2D eigenvalue weighted by Gasteiger charge is -2.37. The second-order valence-corrected chi connectivity index (χ2v) is 16.6. The number of hydrogen-bond donors (Lipinski definition) is 1. The molecule has 10 aromatic rings. The molecule has 0 saturated carbocycles. The molecular weight excluding hydrogens is 759 g/mol. The largest absolute Gasteiger partial charge is 0.332 e. The van der Waals surface area contributed by atoms with Gasteiger partial charge in [0.25, 0.3) is 0 Å². The highest BCUT2D eigenvalue weighted by atomic mass is 15.5. The molecule has 1 N–H and O–H groups in total. The van der Waals surface area contributed by atoms with Crippen molar-refractivity contribution < 1.29 is 0 Å². The summed E-state index contributed by atoms with van der Waals surface area (Å²) in [5.41, 5.74) is 12.9. The van der Waals surface area contributed by atoms with Gasteiger partial charge in [0.05, 0.1) is 34.0 Å². The minimum Gasteiger partial charge on any atom is -0.332 e. The van der Waals surface area contributed by atoms with E-state index >= 15 is 0 Å². The van der Waals surface area contributed by atoms with E-state index in [2.05, 4.69) is 224 Å². The Morgan fingerprint density at radius 1 is 0.403 bits per heavy atom. The molecule has 0 spiro atoms. The van der Waals surface area contributed by atoms with Gasteiger partial charge in [-0.1, -0.05) is 152 Å². The number of para-hydroxylation sites is 6. The van der Waals surface area contributed by atoms with E-state index < -0.39 is 6.29 Å². The van der Waals surface area contributed by atoms with Crippen LogP contribution in [0.5, 0.6) is 0 Å². The summed E-state index contributed by atoms with van der Waals surface area (Å²) in [4.78, 5) is 16.4. The smallest absolute Gasteiger partial charge is 0.227 e. The first kappa shape index (κ1) is 33.6. The van der Waals surface area contributed by atoms with E-state index in [-0.39, 0.29) is 12.0 Å². The van der Waals surface area contributed by atoms with Gasteiger partial charge in [0, 0.05) is 55.3 Å². The van der Waals surface area contributed by atoms with Gasteiger partial charge >= 0.3 is 0 Å². The van der Waals surface area contributed by atoms with Crippen molar-refractivity contribution in [1.82, 2.24) is 14.5 Å². The van der Waals surface area contributed by atoms with Crippen molar-refractivity contribution in [3.05, 3.63) is 217 Å². The van der Waals surface area contributed by atoms with Gasteiger partial charge < -0.3 is 9.80 Å². The summed E-state index contributed by atoms with van der Waals surface area (Å²) in [6.07, 6.45) is 4.06. The van der Waals surface area contributed by atoms with Crippen LogP contribution in [-0.4, -0.2) is 33.4 Å². The van der Waals surface area contributed by atoms with E-state index in [4.69, 9.17) is 9.98 Å². The molecule has 4 aliphatic rings. The number of nitrogens with one attached hydrogen (secondary N) is 1. The third kappa shape index (κ3) is 4.54. The van der Waals surface area contributed by atoms with Crippen LogP contribution in [0, 0.1) is 0 Å². The summed E-state index contributed by atoms with van der Waals surface area (Å²) >= 11 is 0. The fraction of sp³-hybridized carbons (Fsp3) is 0.0545. The number of nitrogens with zero attached hydrogens (tertiary/aromatic N) is 6. The van der Waals surface area contributed by atoms with Crippen LogP contribution in [0.15, 0.2) is 216 Å². The van der Waals surface area contributed by atoms with E-state index in [1.54, 1.807) is 0 Å². The zero-order chi connectivity index (χ0) is 40.5. The van der Waals surface area contributed by atoms with Crippen molar-refractivity contribution in [1.29, 1.82) is 0 Å². The minimum atomic E-state index is -0.636. The van der Waals surface area contributed by atoms with Gasteiger partial charge in [-0.05, 0) is 65.1 Å². The number of benzene rings is 8. The summed E-state index contributed by atoms with van der Waals surface area (Å²) < 4.78 is 4.56. The average molecular weight is 796 g/mol. The van der Waals surface area contributed by atoms with Crippen LogP contribution in [-0.2, 0) is 0 Å². The molecule has 3 aliphatic heterocycles. The zero-order valence-electron chi connectivity index (χ0n) is 33.5. The molecule has 0 amide bonds. The van der Waals surface area contributed by atoms with Crippen molar-refractivity contribution in [2.75, 3.05) is 9.80 Å². The molecule has 1 aliphatic carbocycles. The van der Waals surface area contributed by atoms with Gasteiger partial charge in [-0.3, -0.25) is 14.5 Å². The minimum absolute atomic E-state index is 0.00577. The van der Waals surface area contributed by atoms with E-state index in [0.717, 1.165) is 39.7 Å². The highest BCUT2D eigenvalue weighted by Crippen LogP contribution is 2.58. The molecule has 2 unspecified atom stereocenters. The predicted molar refractivity (Wildman–Crippen MR) is 256 cm³/mol.